The molecule has 5 nitrogen and oxygen atoms in total. The fourth-order valence-electron chi connectivity index (χ4n) is 1.95. The van der Waals surface area contributed by atoms with Crippen LogP contribution >= 0.6 is 0 Å². The van der Waals surface area contributed by atoms with Crippen molar-refractivity contribution in [2.45, 2.75) is 20.8 Å². The Labute approximate surface area is 117 Å². The molecule has 0 unspecified atom stereocenters. The average Bonchev–Trinajstić information content (AvgIpc) is 2.45. The molecule has 0 saturated heterocycles. The van der Waals surface area contributed by atoms with Crippen LogP contribution in [0, 0.1) is 13.8 Å². The molecule has 0 saturated carbocycles. The Hall–Kier alpha value is -2.43. The molecule has 104 valence electrons. The molecular formula is C15H17N3O2. The first-order valence-electron chi connectivity index (χ1n) is 6.28. The lowest BCUT2D eigenvalue weighted by atomic mass is 10.1. The highest BCUT2D eigenvalue weighted by molar-refractivity contribution is 6.35. The van der Waals surface area contributed by atoms with Crippen molar-refractivity contribution in [2.24, 2.45) is 5.10 Å². The van der Waals surface area contributed by atoms with Gasteiger partial charge in [0.25, 0.3) is 0 Å². The van der Waals surface area contributed by atoms with E-state index in [1.165, 1.54) is 7.11 Å². The fourth-order valence-corrected chi connectivity index (χ4v) is 1.95. The predicted molar refractivity (Wildman–Crippen MR) is 80.0 cm³/mol. The van der Waals surface area contributed by atoms with Crippen LogP contribution in [-0.2, 0) is 9.53 Å². The Kier molecular flexibility index (Phi) is 3.98. The highest BCUT2D eigenvalue weighted by Crippen LogP contribution is 2.22. The van der Waals surface area contributed by atoms with E-state index in [1.54, 1.807) is 6.92 Å². The quantitative estimate of drug-likeness (QED) is 0.529. The van der Waals surface area contributed by atoms with Crippen LogP contribution in [0.1, 0.15) is 18.1 Å². The van der Waals surface area contributed by atoms with Crippen LogP contribution in [0.4, 0.5) is 5.82 Å². The smallest absolute Gasteiger partial charge is 0.353 e. The minimum absolute atomic E-state index is 0.247. The molecule has 0 aliphatic heterocycles. The number of para-hydroxylation sites is 1. The van der Waals surface area contributed by atoms with E-state index < -0.39 is 5.97 Å². The summed E-state index contributed by atoms with van der Waals surface area (Å²) in [5, 5.41) is 5.09. The van der Waals surface area contributed by atoms with E-state index in [9.17, 15) is 4.79 Å². The minimum Gasteiger partial charge on any atom is -0.464 e. The van der Waals surface area contributed by atoms with Crippen molar-refractivity contribution in [1.82, 2.24) is 4.98 Å². The van der Waals surface area contributed by atoms with Gasteiger partial charge in [0.2, 0.25) is 0 Å². The molecule has 0 amide bonds. The Bertz CT molecular complexity index is 693. The molecule has 0 fully saturated rings. The van der Waals surface area contributed by atoms with Gasteiger partial charge in [0.15, 0.2) is 0 Å². The van der Waals surface area contributed by atoms with E-state index in [-0.39, 0.29) is 5.71 Å². The third-order valence-electron chi connectivity index (χ3n) is 3.07. The summed E-state index contributed by atoms with van der Waals surface area (Å²) in [7, 11) is 1.32. The first-order valence-corrected chi connectivity index (χ1v) is 6.28. The number of carbonyl (C=O) groups is 1. The average molecular weight is 271 g/mol. The lowest BCUT2D eigenvalue weighted by Gasteiger charge is -2.08. The molecule has 1 aromatic carbocycles. The number of nitrogens with one attached hydrogen (secondary N) is 1. The third-order valence-corrected chi connectivity index (χ3v) is 3.07. The summed E-state index contributed by atoms with van der Waals surface area (Å²) in [4.78, 5) is 15.8. The number of ether oxygens (including phenoxy) is 1. The number of hydrogen-bond acceptors (Lipinski definition) is 5. The van der Waals surface area contributed by atoms with E-state index in [0.717, 1.165) is 22.0 Å². The maximum atomic E-state index is 11.3. The standard InChI is InChI=1S/C15H17N3O2/c1-9-6-5-7-12-10(2)8-13(16-14(9)12)18-17-11(3)15(19)20-4/h5-8H,1-4H3,(H,16,18)/b17-11+. The molecule has 0 aliphatic rings. The molecule has 20 heavy (non-hydrogen) atoms. The van der Waals surface area contributed by atoms with Crippen LogP contribution in [0.5, 0.6) is 0 Å². The van der Waals surface area contributed by atoms with Gasteiger partial charge in [-0.05, 0) is 38.0 Å². The molecule has 1 N–H and O–H groups in total. The first-order chi connectivity index (χ1) is 9.52. The Morgan fingerprint density at radius 2 is 2.05 bits per heavy atom. The molecule has 2 aromatic rings. The Balaban J connectivity index is 2.37. The fraction of sp³-hybridized carbons (Fsp3) is 0.267. The second kappa shape index (κ2) is 5.69. The van der Waals surface area contributed by atoms with Crippen molar-refractivity contribution in [1.29, 1.82) is 0 Å². The number of nitrogens with zero attached hydrogens (tertiary/aromatic N) is 2. The summed E-state index contributed by atoms with van der Waals surface area (Å²) in [6, 6.07) is 7.97. The number of benzene rings is 1. The van der Waals surface area contributed by atoms with Gasteiger partial charge < -0.3 is 4.74 Å². The highest BCUT2D eigenvalue weighted by atomic mass is 16.5. The van der Waals surface area contributed by atoms with Gasteiger partial charge in [-0.25, -0.2) is 9.78 Å². The number of anilines is 1. The molecule has 5 heteroatoms. The highest BCUT2D eigenvalue weighted by Gasteiger charge is 2.07. The largest absolute Gasteiger partial charge is 0.464 e. The van der Waals surface area contributed by atoms with Crippen molar-refractivity contribution >= 4 is 28.4 Å². The SMILES string of the molecule is COC(=O)/C(C)=N/Nc1cc(C)c2cccc(C)c2n1. The molecule has 0 aliphatic carbocycles. The number of pyridine rings is 1. The number of aromatic nitrogens is 1. The molecule has 2 rings (SSSR count). The van der Waals surface area contributed by atoms with E-state index in [0.29, 0.717) is 5.82 Å². The van der Waals surface area contributed by atoms with Crippen LogP contribution < -0.4 is 5.43 Å². The lowest BCUT2D eigenvalue weighted by Crippen LogP contribution is -2.13. The van der Waals surface area contributed by atoms with Crippen molar-refractivity contribution in [2.75, 3.05) is 12.5 Å². The number of methoxy groups -OCH3 is 1. The second-order valence-corrected chi connectivity index (χ2v) is 4.60. The van der Waals surface area contributed by atoms with Crippen molar-refractivity contribution in [3.8, 4) is 0 Å². The first kappa shape index (κ1) is 14.0. The summed E-state index contributed by atoms with van der Waals surface area (Å²) in [5.41, 5.74) is 6.18. The van der Waals surface area contributed by atoms with Gasteiger partial charge in [0.1, 0.15) is 11.5 Å². The molecule has 1 aromatic heterocycles. The minimum atomic E-state index is -0.466. The maximum absolute atomic E-state index is 11.3. The second-order valence-electron chi connectivity index (χ2n) is 4.60. The van der Waals surface area contributed by atoms with Crippen LogP contribution in [0.15, 0.2) is 29.4 Å². The van der Waals surface area contributed by atoms with Crippen LogP contribution in [0.25, 0.3) is 10.9 Å². The summed E-state index contributed by atoms with van der Waals surface area (Å²) < 4.78 is 4.58. The van der Waals surface area contributed by atoms with Gasteiger partial charge in [0, 0.05) is 5.39 Å². The number of fused-ring (bicyclic) bond motifs is 1. The number of aryl methyl sites for hydroxylation is 2. The number of hydrogen-bond donors (Lipinski definition) is 1. The van der Waals surface area contributed by atoms with Gasteiger partial charge in [-0.2, -0.15) is 5.10 Å². The van der Waals surface area contributed by atoms with Gasteiger partial charge in [-0.15, -0.1) is 0 Å². The number of esters is 1. The van der Waals surface area contributed by atoms with E-state index >= 15 is 0 Å². The van der Waals surface area contributed by atoms with Crippen LogP contribution in [0.2, 0.25) is 0 Å². The third kappa shape index (κ3) is 2.77. The molecule has 0 spiro atoms. The van der Waals surface area contributed by atoms with Gasteiger partial charge in [-0.1, -0.05) is 18.2 Å². The summed E-state index contributed by atoms with van der Waals surface area (Å²) in [5.74, 6) is 0.138. The summed E-state index contributed by atoms with van der Waals surface area (Å²) in [6.45, 7) is 5.62. The topological polar surface area (TPSA) is 63.6 Å². The van der Waals surface area contributed by atoms with Gasteiger partial charge in [0.05, 0.1) is 12.6 Å². The number of carbonyl (C=O) groups excluding carboxylic acids is 1. The molecule has 0 radical (unpaired) electrons. The van der Waals surface area contributed by atoms with Crippen molar-refractivity contribution in [3.63, 3.8) is 0 Å². The molecule has 0 atom stereocenters. The van der Waals surface area contributed by atoms with Crippen molar-refractivity contribution in [3.05, 3.63) is 35.4 Å². The normalized spacial score (nSPS) is 11.5. The summed E-state index contributed by atoms with van der Waals surface area (Å²) in [6.07, 6.45) is 0. The Morgan fingerprint density at radius 1 is 1.30 bits per heavy atom. The van der Waals surface area contributed by atoms with E-state index in [4.69, 9.17) is 0 Å². The van der Waals surface area contributed by atoms with E-state index in [2.05, 4.69) is 20.2 Å². The van der Waals surface area contributed by atoms with Gasteiger partial charge >= 0.3 is 5.97 Å². The van der Waals surface area contributed by atoms with Crippen molar-refractivity contribution < 1.29 is 9.53 Å². The zero-order chi connectivity index (χ0) is 14.7. The van der Waals surface area contributed by atoms with Crippen LogP contribution in [-0.4, -0.2) is 23.8 Å². The number of rotatable bonds is 3. The maximum Gasteiger partial charge on any atom is 0.353 e. The molecule has 0 bridgehead atoms. The Morgan fingerprint density at radius 3 is 2.75 bits per heavy atom. The lowest BCUT2D eigenvalue weighted by molar-refractivity contribution is -0.132. The molecule has 1 heterocycles. The number of hydrazone groups is 1. The van der Waals surface area contributed by atoms with Gasteiger partial charge in [-0.3, -0.25) is 5.43 Å². The zero-order valence-electron chi connectivity index (χ0n) is 12.0. The summed E-state index contributed by atoms with van der Waals surface area (Å²) >= 11 is 0. The molecular weight excluding hydrogens is 254 g/mol. The zero-order valence-corrected chi connectivity index (χ0v) is 12.0. The predicted octanol–water partition coefficient (Wildman–Crippen LogP) is 2.81. The van der Waals surface area contributed by atoms with E-state index in [1.807, 2.05) is 38.1 Å². The monoisotopic (exact) mass is 271 g/mol. The van der Waals surface area contributed by atoms with Crippen LogP contribution in [0.3, 0.4) is 0 Å².